The Balaban J connectivity index is 1.73. The normalized spacial score (nSPS) is 31.8. The molecule has 1 heterocycles. The third kappa shape index (κ3) is 2.71. The lowest BCUT2D eigenvalue weighted by molar-refractivity contribution is -0.143. The molecule has 1 aromatic rings. The number of esters is 1. The quantitative estimate of drug-likeness (QED) is 0.562. The van der Waals surface area contributed by atoms with Crippen molar-refractivity contribution in [1.82, 2.24) is 4.90 Å². The van der Waals surface area contributed by atoms with E-state index in [4.69, 9.17) is 4.74 Å². The smallest absolute Gasteiger partial charge is 0.316 e. The predicted molar refractivity (Wildman–Crippen MR) is 99.9 cm³/mol. The standard InChI is InChI=1S/C22H31NO2/c1-21(2,3)20(24)25-16-9-8-15-13-19-17-7-5-6-10-22(17,18(15)14-16)11-12-23(19)4/h8-9,14,17,19H,5-7,10-13H2,1-4H3. The number of rotatable bonds is 1. The van der Waals surface area contributed by atoms with E-state index in [2.05, 4.69) is 24.1 Å². The molecule has 1 aromatic carbocycles. The van der Waals surface area contributed by atoms with E-state index < -0.39 is 5.41 Å². The fourth-order valence-electron chi connectivity index (χ4n) is 5.50. The molecule has 136 valence electrons. The number of likely N-dealkylation sites (N-methyl/N-ethyl adjacent to an activating group) is 1. The molecular formula is C22H31NO2. The van der Waals surface area contributed by atoms with Crippen LogP contribution in [-0.2, 0) is 16.6 Å². The van der Waals surface area contributed by atoms with Crippen molar-refractivity contribution >= 4 is 5.97 Å². The number of likely N-dealkylation sites (tertiary alicyclic amines) is 1. The first-order valence-corrected chi connectivity index (χ1v) is 9.87. The van der Waals surface area contributed by atoms with Crippen LogP contribution >= 0.6 is 0 Å². The van der Waals surface area contributed by atoms with E-state index in [1.165, 1.54) is 49.8 Å². The summed E-state index contributed by atoms with van der Waals surface area (Å²) < 4.78 is 5.73. The average molecular weight is 341 g/mol. The van der Waals surface area contributed by atoms with E-state index in [0.717, 1.165) is 18.1 Å². The molecule has 1 aliphatic heterocycles. The van der Waals surface area contributed by atoms with Crippen LogP contribution in [0.3, 0.4) is 0 Å². The number of hydrogen-bond donors (Lipinski definition) is 0. The van der Waals surface area contributed by atoms with Gasteiger partial charge in [0.15, 0.2) is 0 Å². The van der Waals surface area contributed by atoms with E-state index in [0.29, 0.717) is 11.5 Å². The minimum atomic E-state index is -0.472. The molecule has 1 saturated carbocycles. The molecule has 3 atom stereocenters. The van der Waals surface area contributed by atoms with Crippen LogP contribution in [0.5, 0.6) is 5.75 Å². The molecule has 3 aliphatic rings. The number of carbonyl (C=O) groups excluding carboxylic acids is 1. The van der Waals surface area contributed by atoms with Gasteiger partial charge in [-0.25, -0.2) is 0 Å². The molecular weight excluding hydrogens is 310 g/mol. The highest BCUT2D eigenvalue weighted by molar-refractivity contribution is 5.78. The molecule has 0 spiro atoms. The summed E-state index contributed by atoms with van der Waals surface area (Å²) in [4.78, 5) is 14.9. The Morgan fingerprint density at radius 2 is 2.04 bits per heavy atom. The summed E-state index contributed by atoms with van der Waals surface area (Å²) in [7, 11) is 2.30. The topological polar surface area (TPSA) is 29.5 Å². The van der Waals surface area contributed by atoms with Crippen molar-refractivity contribution in [3.63, 3.8) is 0 Å². The molecule has 2 fully saturated rings. The third-order valence-corrected chi connectivity index (χ3v) is 6.91. The zero-order valence-corrected chi connectivity index (χ0v) is 16.1. The van der Waals surface area contributed by atoms with Gasteiger partial charge in [0.05, 0.1) is 5.41 Å². The minimum Gasteiger partial charge on any atom is -0.426 e. The van der Waals surface area contributed by atoms with Gasteiger partial charge >= 0.3 is 5.97 Å². The number of fused-ring (bicyclic) bond motifs is 1. The second-order valence-electron chi connectivity index (χ2n) is 9.47. The highest BCUT2D eigenvalue weighted by atomic mass is 16.5. The first-order chi connectivity index (χ1) is 11.8. The number of carbonyl (C=O) groups is 1. The van der Waals surface area contributed by atoms with Gasteiger partial charge in [-0.15, -0.1) is 0 Å². The van der Waals surface area contributed by atoms with Crippen molar-refractivity contribution in [2.24, 2.45) is 11.3 Å². The number of nitrogens with zero attached hydrogens (tertiary/aromatic N) is 1. The Morgan fingerprint density at radius 3 is 2.80 bits per heavy atom. The summed E-state index contributed by atoms with van der Waals surface area (Å²) >= 11 is 0. The summed E-state index contributed by atoms with van der Waals surface area (Å²) in [6.07, 6.45) is 7.73. The van der Waals surface area contributed by atoms with Crippen molar-refractivity contribution in [3.05, 3.63) is 29.3 Å². The largest absolute Gasteiger partial charge is 0.426 e. The molecule has 25 heavy (non-hydrogen) atoms. The van der Waals surface area contributed by atoms with Crippen LogP contribution in [0.25, 0.3) is 0 Å². The molecule has 3 unspecified atom stereocenters. The number of piperidine rings is 1. The van der Waals surface area contributed by atoms with Gasteiger partial charge in [-0.3, -0.25) is 4.79 Å². The second kappa shape index (κ2) is 5.84. The van der Waals surface area contributed by atoms with Crippen molar-refractivity contribution in [3.8, 4) is 5.75 Å². The van der Waals surface area contributed by atoms with Gasteiger partial charge < -0.3 is 9.64 Å². The number of hydrogen-bond acceptors (Lipinski definition) is 3. The van der Waals surface area contributed by atoms with Crippen molar-refractivity contribution in [2.75, 3.05) is 13.6 Å². The molecule has 4 rings (SSSR count). The molecule has 0 N–H and O–H groups in total. The maximum atomic E-state index is 12.3. The zero-order chi connectivity index (χ0) is 17.8. The van der Waals surface area contributed by atoms with Crippen molar-refractivity contribution in [2.45, 2.75) is 70.8 Å². The monoisotopic (exact) mass is 341 g/mol. The highest BCUT2D eigenvalue weighted by Crippen LogP contribution is 2.55. The fraction of sp³-hybridized carbons (Fsp3) is 0.682. The highest BCUT2D eigenvalue weighted by Gasteiger charge is 2.53. The van der Waals surface area contributed by atoms with Crippen LogP contribution in [0.1, 0.15) is 64.0 Å². The van der Waals surface area contributed by atoms with E-state index in [1.54, 1.807) is 0 Å². The Morgan fingerprint density at radius 1 is 1.24 bits per heavy atom. The Bertz CT molecular complexity index is 690. The summed E-state index contributed by atoms with van der Waals surface area (Å²) in [6.45, 7) is 6.91. The Labute approximate surface area is 151 Å². The molecule has 2 bridgehead atoms. The maximum absolute atomic E-state index is 12.3. The molecule has 0 aromatic heterocycles. The van der Waals surface area contributed by atoms with Gasteiger partial charge in [0.1, 0.15) is 5.75 Å². The summed E-state index contributed by atoms with van der Waals surface area (Å²) in [5, 5.41) is 0. The van der Waals surface area contributed by atoms with E-state index in [1.807, 2.05) is 26.8 Å². The van der Waals surface area contributed by atoms with Gasteiger partial charge in [-0.1, -0.05) is 18.9 Å². The predicted octanol–water partition coefficient (Wildman–Crippen LogP) is 4.33. The zero-order valence-electron chi connectivity index (χ0n) is 16.1. The first kappa shape index (κ1) is 17.1. The average Bonchev–Trinajstić information content (AvgIpc) is 2.57. The molecule has 0 amide bonds. The van der Waals surface area contributed by atoms with Crippen LogP contribution in [0.4, 0.5) is 0 Å². The van der Waals surface area contributed by atoms with Gasteiger partial charge in [-0.05, 0) is 89.2 Å². The van der Waals surface area contributed by atoms with Crippen LogP contribution in [-0.4, -0.2) is 30.5 Å². The molecule has 3 heteroatoms. The van der Waals surface area contributed by atoms with Crippen LogP contribution in [0.2, 0.25) is 0 Å². The van der Waals surface area contributed by atoms with Crippen molar-refractivity contribution < 1.29 is 9.53 Å². The summed E-state index contributed by atoms with van der Waals surface area (Å²) in [5.74, 6) is 1.35. The molecule has 3 nitrogen and oxygen atoms in total. The van der Waals surface area contributed by atoms with Gasteiger partial charge in [0.25, 0.3) is 0 Å². The van der Waals surface area contributed by atoms with Crippen LogP contribution in [0.15, 0.2) is 18.2 Å². The summed E-state index contributed by atoms with van der Waals surface area (Å²) in [6, 6.07) is 7.11. The van der Waals surface area contributed by atoms with Gasteiger partial charge in [0, 0.05) is 11.5 Å². The lowest BCUT2D eigenvalue weighted by atomic mass is 9.52. The molecule has 1 saturated heterocycles. The number of benzene rings is 1. The lowest BCUT2D eigenvalue weighted by Crippen LogP contribution is -2.59. The molecule has 2 aliphatic carbocycles. The van der Waals surface area contributed by atoms with Crippen molar-refractivity contribution in [1.29, 1.82) is 0 Å². The summed E-state index contributed by atoms with van der Waals surface area (Å²) in [5.41, 5.74) is 2.80. The second-order valence-corrected chi connectivity index (χ2v) is 9.47. The van der Waals surface area contributed by atoms with Crippen LogP contribution < -0.4 is 4.74 Å². The molecule has 0 radical (unpaired) electrons. The number of ether oxygens (including phenoxy) is 1. The first-order valence-electron chi connectivity index (χ1n) is 9.87. The van der Waals surface area contributed by atoms with E-state index >= 15 is 0 Å². The van der Waals surface area contributed by atoms with E-state index in [9.17, 15) is 4.79 Å². The Hall–Kier alpha value is -1.35. The third-order valence-electron chi connectivity index (χ3n) is 6.91. The van der Waals surface area contributed by atoms with E-state index in [-0.39, 0.29) is 5.97 Å². The Kier molecular flexibility index (Phi) is 3.99. The minimum absolute atomic E-state index is 0.151. The SMILES string of the molecule is CN1CCC23CCCCC2C1Cc1ccc(OC(=O)C(C)(C)C)cc13. The fourth-order valence-corrected chi connectivity index (χ4v) is 5.50. The van der Waals surface area contributed by atoms with Gasteiger partial charge in [-0.2, -0.15) is 0 Å². The van der Waals surface area contributed by atoms with Gasteiger partial charge in [0.2, 0.25) is 0 Å². The van der Waals surface area contributed by atoms with Crippen LogP contribution in [0, 0.1) is 11.3 Å². The lowest BCUT2D eigenvalue weighted by Gasteiger charge is -2.58. The maximum Gasteiger partial charge on any atom is 0.316 e.